The molecule has 0 aliphatic heterocycles. The molecule has 0 unspecified atom stereocenters. The standard InChI is InChI=1S/C9H13NO2/c1-2-9(12)10-7-4-3-5-8(11)6-7/h1,7-8,11H,3-6H2,(H,10,12)/t7-,8+/m0/s1. The Kier molecular flexibility index (Phi) is 3.12. The van der Waals surface area contributed by atoms with Crippen molar-refractivity contribution in [1.29, 1.82) is 0 Å². The maximum Gasteiger partial charge on any atom is 0.295 e. The van der Waals surface area contributed by atoms with Gasteiger partial charge in [-0.15, -0.1) is 6.42 Å². The molecular formula is C9H13NO2. The molecule has 0 aromatic carbocycles. The van der Waals surface area contributed by atoms with Crippen LogP contribution in [0.2, 0.25) is 0 Å². The summed E-state index contributed by atoms with van der Waals surface area (Å²) in [4.78, 5) is 10.8. The average Bonchev–Trinajstić information content (AvgIpc) is 2.04. The normalized spacial score (nSPS) is 29.0. The van der Waals surface area contributed by atoms with Gasteiger partial charge in [0.2, 0.25) is 0 Å². The molecule has 66 valence electrons. The van der Waals surface area contributed by atoms with E-state index in [0.717, 1.165) is 19.3 Å². The van der Waals surface area contributed by atoms with Crippen molar-refractivity contribution in [2.75, 3.05) is 0 Å². The van der Waals surface area contributed by atoms with Crippen LogP contribution >= 0.6 is 0 Å². The van der Waals surface area contributed by atoms with Crippen LogP contribution in [0.25, 0.3) is 0 Å². The smallest absolute Gasteiger partial charge is 0.295 e. The first-order valence-electron chi connectivity index (χ1n) is 4.17. The molecule has 2 atom stereocenters. The molecule has 3 nitrogen and oxygen atoms in total. The van der Waals surface area contributed by atoms with Gasteiger partial charge in [-0.1, -0.05) is 0 Å². The van der Waals surface area contributed by atoms with Crippen molar-refractivity contribution in [1.82, 2.24) is 5.32 Å². The van der Waals surface area contributed by atoms with E-state index in [0.29, 0.717) is 6.42 Å². The third-order valence-electron chi connectivity index (χ3n) is 2.11. The van der Waals surface area contributed by atoms with Crippen LogP contribution in [0.1, 0.15) is 25.7 Å². The molecular weight excluding hydrogens is 154 g/mol. The average molecular weight is 167 g/mol. The third-order valence-corrected chi connectivity index (χ3v) is 2.11. The Balaban J connectivity index is 2.33. The van der Waals surface area contributed by atoms with Gasteiger partial charge >= 0.3 is 0 Å². The van der Waals surface area contributed by atoms with Crippen LogP contribution in [0.15, 0.2) is 0 Å². The van der Waals surface area contributed by atoms with E-state index in [1.165, 1.54) is 0 Å². The number of rotatable bonds is 1. The number of nitrogens with one attached hydrogen (secondary N) is 1. The summed E-state index contributed by atoms with van der Waals surface area (Å²) in [5, 5.41) is 11.9. The lowest BCUT2D eigenvalue weighted by Gasteiger charge is -2.25. The van der Waals surface area contributed by atoms with Gasteiger partial charge < -0.3 is 10.4 Å². The number of aliphatic hydroxyl groups is 1. The molecule has 0 radical (unpaired) electrons. The van der Waals surface area contributed by atoms with Crippen molar-refractivity contribution in [2.24, 2.45) is 0 Å². The minimum absolute atomic E-state index is 0.0669. The highest BCUT2D eigenvalue weighted by Crippen LogP contribution is 2.17. The number of hydrogen-bond donors (Lipinski definition) is 2. The second-order valence-corrected chi connectivity index (χ2v) is 3.14. The Hall–Kier alpha value is -1.01. The van der Waals surface area contributed by atoms with Gasteiger partial charge in [0.05, 0.1) is 6.10 Å². The summed E-state index contributed by atoms with van der Waals surface area (Å²) in [6.07, 6.45) is 7.97. The first kappa shape index (κ1) is 9.08. The Labute approximate surface area is 72.2 Å². The lowest BCUT2D eigenvalue weighted by atomic mass is 9.93. The van der Waals surface area contributed by atoms with Crippen molar-refractivity contribution < 1.29 is 9.90 Å². The van der Waals surface area contributed by atoms with Crippen LogP contribution in [0.3, 0.4) is 0 Å². The number of amides is 1. The summed E-state index contributed by atoms with van der Waals surface area (Å²) in [5.74, 6) is 1.61. The van der Waals surface area contributed by atoms with Crippen LogP contribution in [0.4, 0.5) is 0 Å². The SMILES string of the molecule is C#CC(=O)N[C@H]1CCC[C@@H](O)C1. The van der Waals surface area contributed by atoms with E-state index in [1.54, 1.807) is 0 Å². The van der Waals surface area contributed by atoms with Gasteiger partial charge in [0.1, 0.15) is 0 Å². The second kappa shape index (κ2) is 4.13. The van der Waals surface area contributed by atoms with Gasteiger partial charge in [0.15, 0.2) is 0 Å². The minimum Gasteiger partial charge on any atom is -0.393 e. The quantitative estimate of drug-likeness (QED) is 0.542. The van der Waals surface area contributed by atoms with E-state index in [-0.39, 0.29) is 18.1 Å². The van der Waals surface area contributed by atoms with Crippen LogP contribution in [-0.2, 0) is 4.79 Å². The number of carbonyl (C=O) groups excluding carboxylic acids is 1. The molecule has 1 aliphatic carbocycles. The number of aliphatic hydroxyl groups excluding tert-OH is 1. The van der Waals surface area contributed by atoms with Gasteiger partial charge in [0.25, 0.3) is 5.91 Å². The third kappa shape index (κ3) is 2.55. The van der Waals surface area contributed by atoms with E-state index < -0.39 is 0 Å². The monoisotopic (exact) mass is 167 g/mol. The summed E-state index contributed by atoms with van der Waals surface area (Å²) in [5.41, 5.74) is 0. The zero-order valence-corrected chi connectivity index (χ0v) is 6.92. The summed E-state index contributed by atoms with van der Waals surface area (Å²) < 4.78 is 0. The summed E-state index contributed by atoms with van der Waals surface area (Å²) in [6.45, 7) is 0. The number of terminal acetylenes is 1. The van der Waals surface area contributed by atoms with E-state index in [2.05, 4.69) is 5.32 Å². The number of hydrogen-bond acceptors (Lipinski definition) is 2. The molecule has 2 N–H and O–H groups in total. The predicted octanol–water partition coefficient (Wildman–Crippen LogP) is 0.0393. The summed E-state index contributed by atoms with van der Waals surface area (Å²) >= 11 is 0. The van der Waals surface area contributed by atoms with Crippen molar-refractivity contribution in [3.05, 3.63) is 0 Å². The van der Waals surface area contributed by atoms with Crippen molar-refractivity contribution >= 4 is 5.91 Å². The molecule has 0 saturated heterocycles. The Morgan fingerprint density at radius 3 is 2.92 bits per heavy atom. The largest absolute Gasteiger partial charge is 0.393 e. The fraction of sp³-hybridized carbons (Fsp3) is 0.667. The number of carbonyl (C=O) groups is 1. The van der Waals surface area contributed by atoms with Crippen molar-refractivity contribution in [3.63, 3.8) is 0 Å². The maximum absolute atomic E-state index is 10.8. The zero-order chi connectivity index (χ0) is 8.97. The molecule has 1 amide bonds. The zero-order valence-electron chi connectivity index (χ0n) is 6.92. The Bertz CT molecular complexity index is 207. The Morgan fingerprint density at radius 1 is 1.58 bits per heavy atom. The molecule has 1 saturated carbocycles. The summed E-state index contributed by atoms with van der Waals surface area (Å²) in [7, 11) is 0. The molecule has 1 fully saturated rings. The highest BCUT2D eigenvalue weighted by Gasteiger charge is 2.20. The second-order valence-electron chi connectivity index (χ2n) is 3.14. The fourth-order valence-corrected chi connectivity index (χ4v) is 1.52. The van der Waals surface area contributed by atoms with E-state index >= 15 is 0 Å². The molecule has 0 aromatic heterocycles. The van der Waals surface area contributed by atoms with Gasteiger partial charge in [-0.2, -0.15) is 0 Å². The minimum atomic E-state index is -0.380. The van der Waals surface area contributed by atoms with Gasteiger partial charge in [0, 0.05) is 6.04 Å². The van der Waals surface area contributed by atoms with Crippen molar-refractivity contribution in [2.45, 2.75) is 37.8 Å². The maximum atomic E-state index is 10.8. The fourth-order valence-electron chi connectivity index (χ4n) is 1.52. The first-order chi connectivity index (χ1) is 5.72. The van der Waals surface area contributed by atoms with E-state index in [9.17, 15) is 9.90 Å². The van der Waals surface area contributed by atoms with Crippen molar-refractivity contribution in [3.8, 4) is 12.3 Å². The van der Waals surface area contributed by atoms with Crippen LogP contribution < -0.4 is 5.32 Å². The molecule has 1 aliphatic rings. The lowest BCUT2D eigenvalue weighted by molar-refractivity contribution is -0.116. The first-order valence-corrected chi connectivity index (χ1v) is 4.17. The molecule has 12 heavy (non-hydrogen) atoms. The topological polar surface area (TPSA) is 49.3 Å². The predicted molar refractivity (Wildman–Crippen MR) is 45.2 cm³/mol. The molecule has 0 bridgehead atoms. The molecule has 0 aromatic rings. The van der Waals surface area contributed by atoms with Gasteiger partial charge in [-0.3, -0.25) is 4.79 Å². The van der Waals surface area contributed by atoms with E-state index in [1.807, 2.05) is 5.92 Å². The highest BCUT2D eigenvalue weighted by molar-refractivity contribution is 5.92. The summed E-state index contributed by atoms with van der Waals surface area (Å²) in [6, 6.07) is 0.0669. The molecule has 1 rings (SSSR count). The Morgan fingerprint density at radius 2 is 2.33 bits per heavy atom. The van der Waals surface area contributed by atoms with Crippen LogP contribution in [0.5, 0.6) is 0 Å². The molecule has 3 heteroatoms. The molecule has 0 spiro atoms. The van der Waals surface area contributed by atoms with Gasteiger partial charge in [-0.05, 0) is 31.6 Å². The highest BCUT2D eigenvalue weighted by atomic mass is 16.3. The van der Waals surface area contributed by atoms with Crippen LogP contribution in [-0.4, -0.2) is 23.2 Å². The van der Waals surface area contributed by atoms with E-state index in [4.69, 9.17) is 6.42 Å². The van der Waals surface area contributed by atoms with Gasteiger partial charge in [-0.25, -0.2) is 0 Å². The lowest BCUT2D eigenvalue weighted by Crippen LogP contribution is -2.39. The van der Waals surface area contributed by atoms with Crippen LogP contribution in [0, 0.1) is 12.3 Å². The molecule has 0 heterocycles.